The minimum atomic E-state index is -2.84. The summed E-state index contributed by atoms with van der Waals surface area (Å²) in [4.78, 5) is 20.3. The second-order valence-electron chi connectivity index (χ2n) is 8.95. The Hall–Kier alpha value is -3.44. The highest BCUT2D eigenvalue weighted by molar-refractivity contribution is 5.79. The molecule has 2 aliphatic rings. The van der Waals surface area contributed by atoms with Gasteiger partial charge < -0.3 is 18.8 Å². The van der Waals surface area contributed by atoms with Crippen molar-refractivity contribution < 1.29 is 27.5 Å². The number of piperidine rings is 1. The third-order valence-electron chi connectivity index (χ3n) is 6.81. The van der Waals surface area contributed by atoms with Crippen molar-refractivity contribution >= 4 is 12.1 Å². The molecule has 0 N–H and O–H groups in total. The average molecular weight is 500 g/mol. The van der Waals surface area contributed by atoms with Gasteiger partial charge in [-0.1, -0.05) is 6.07 Å². The van der Waals surface area contributed by atoms with Crippen molar-refractivity contribution in [2.24, 2.45) is 0 Å². The first kappa shape index (κ1) is 24.3. The molecule has 9 nitrogen and oxygen atoms in total. The fourth-order valence-electron chi connectivity index (χ4n) is 4.66. The number of hydrogen-bond acceptors (Lipinski definition) is 8. The highest BCUT2D eigenvalue weighted by Crippen LogP contribution is 2.36. The molecule has 0 bridgehead atoms. The Morgan fingerprint density at radius 3 is 2.58 bits per heavy atom. The van der Waals surface area contributed by atoms with Gasteiger partial charge in [0.1, 0.15) is 5.75 Å². The summed E-state index contributed by atoms with van der Waals surface area (Å²) in [5.41, 5.74) is 2.85. The van der Waals surface area contributed by atoms with E-state index in [1.54, 1.807) is 19.2 Å². The third-order valence-corrected chi connectivity index (χ3v) is 6.81. The maximum absolute atomic E-state index is 12.7. The second-order valence-corrected chi connectivity index (χ2v) is 8.95. The molecular weight excluding hydrogens is 472 g/mol. The normalized spacial score (nSPS) is 17.2. The number of likely N-dealkylation sites (tertiary alicyclic amines) is 1. The first-order chi connectivity index (χ1) is 17.6. The molecule has 0 atom stereocenters. The van der Waals surface area contributed by atoms with Crippen LogP contribution in [0, 0.1) is 0 Å². The lowest BCUT2D eigenvalue weighted by molar-refractivity contribution is -0.107. The highest BCUT2D eigenvalue weighted by Gasteiger charge is 2.30. The van der Waals surface area contributed by atoms with E-state index >= 15 is 0 Å². The topological polar surface area (TPSA) is 93.8 Å². The number of alkyl halides is 2. The molecule has 5 rings (SSSR count). The predicted octanol–water partition coefficient (Wildman–Crippen LogP) is 3.82. The van der Waals surface area contributed by atoms with E-state index in [1.165, 1.54) is 16.7 Å². The predicted molar refractivity (Wildman–Crippen MR) is 126 cm³/mol. The number of pyridine rings is 1. The molecule has 0 aliphatic carbocycles. The van der Waals surface area contributed by atoms with Gasteiger partial charge in [0.05, 0.1) is 49.9 Å². The number of carbonyl (C=O) groups is 1. The van der Waals surface area contributed by atoms with Crippen molar-refractivity contribution in [1.82, 2.24) is 20.1 Å². The van der Waals surface area contributed by atoms with Crippen molar-refractivity contribution in [3.8, 4) is 17.2 Å². The van der Waals surface area contributed by atoms with Crippen LogP contribution in [0.25, 0.3) is 11.5 Å². The number of rotatable bonds is 9. The van der Waals surface area contributed by atoms with Gasteiger partial charge in [0.2, 0.25) is 12.3 Å². The molecule has 2 aliphatic heterocycles. The molecule has 190 valence electrons. The van der Waals surface area contributed by atoms with Gasteiger partial charge in [0.15, 0.2) is 0 Å². The SMILES string of the molecule is COc1cc(C2CCN(C3COC3)CC2)ccc1N(C=O)Cc1ccc(-c2nnc(C(F)F)o2)cn1. The molecule has 11 heteroatoms. The summed E-state index contributed by atoms with van der Waals surface area (Å²) < 4.78 is 41.3. The Morgan fingerprint density at radius 2 is 2.00 bits per heavy atom. The first-order valence-corrected chi connectivity index (χ1v) is 11.8. The minimum Gasteiger partial charge on any atom is -0.495 e. The number of methoxy groups -OCH3 is 1. The number of nitrogens with zero attached hydrogens (tertiary/aromatic N) is 5. The molecule has 3 aromatic rings. The quantitative estimate of drug-likeness (QED) is 0.410. The molecule has 0 spiro atoms. The number of aromatic nitrogens is 3. The smallest absolute Gasteiger partial charge is 0.314 e. The molecule has 0 unspecified atom stereocenters. The summed E-state index contributed by atoms with van der Waals surface area (Å²) in [5.74, 6) is 0.284. The van der Waals surface area contributed by atoms with Crippen molar-refractivity contribution in [3.63, 3.8) is 0 Å². The van der Waals surface area contributed by atoms with Crippen molar-refractivity contribution in [1.29, 1.82) is 0 Å². The van der Waals surface area contributed by atoms with Crippen LogP contribution in [-0.4, -0.2) is 65.9 Å². The van der Waals surface area contributed by atoms with Crippen LogP contribution in [0.4, 0.5) is 14.5 Å². The summed E-state index contributed by atoms with van der Waals surface area (Å²) >= 11 is 0. The Kier molecular flexibility index (Phi) is 7.19. The van der Waals surface area contributed by atoms with Gasteiger partial charge in [-0.15, -0.1) is 10.2 Å². The number of ether oxygens (including phenoxy) is 2. The van der Waals surface area contributed by atoms with E-state index < -0.39 is 12.3 Å². The van der Waals surface area contributed by atoms with Gasteiger partial charge >= 0.3 is 6.43 Å². The molecule has 4 heterocycles. The van der Waals surface area contributed by atoms with E-state index in [-0.39, 0.29) is 12.4 Å². The van der Waals surface area contributed by atoms with Gasteiger partial charge in [-0.2, -0.15) is 8.78 Å². The van der Waals surface area contributed by atoms with E-state index in [0.717, 1.165) is 45.6 Å². The van der Waals surface area contributed by atoms with Crippen LogP contribution in [0.5, 0.6) is 5.75 Å². The van der Waals surface area contributed by atoms with Crippen LogP contribution < -0.4 is 9.64 Å². The fourth-order valence-corrected chi connectivity index (χ4v) is 4.66. The highest BCUT2D eigenvalue weighted by atomic mass is 19.3. The van der Waals surface area contributed by atoms with Crippen LogP contribution in [0.3, 0.4) is 0 Å². The van der Waals surface area contributed by atoms with Gasteiger partial charge in [0.25, 0.3) is 5.89 Å². The van der Waals surface area contributed by atoms with Crippen LogP contribution in [-0.2, 0) is 16.1 Å². The van der Waals surface area contributed by atoms with Crippen molar-refractivity contribution in [3.05, 3.63) is 53.7 Å². The van der Waals surface area contributed by atoms with Crippen LogP contribution in [0.15, 0.2) is 40.9 Å². The summed E-state index contributed by atoms with van der Waals surface area (Å²) in [6.45, 7) is 3.98. The third kappa shape index (κ3) is 5.07. The monoisotopic (exact) mass is 499 g/mol. The van der Waals surface area contributed by atoms with Crippen LogP contribution >= 0.6 is 0 Å². The molecule has 2 aromatic heterocycles. The Labute approximate surface area is 207 Å². The van der Waals surface area contributed by atoms with E-state index in [0.29, 0.717) is 34.7 Å². The van der Waals surface area contributed by atoms with Crippen LogP contribution in [0.2, 0.25) is 0 Å². The molecule has 1 aromatic carbocycles. The lowest BCUT2D eigenvalue weighted by atomic mass is 9.88. The average Bonchev–Trinajstić information content (AvgIpc) is 3.38. The number of carbonyl (C=O) groups excluding carboxylic acids is 1. The largest absolute Gasteiger partial charge is 0.495 e. The van der Waals surface area contributed by atoms with Crippen molar-refractivity contribution in [2.45, 2.75) is 37.8 Å². The molecule has 1 amide bonds. The van der Waals surface area contributed by atoms with E-state index in [2.05, 4.69) is 26.1 Å². The maximum atomic E-state index is 12.7. The molecule has 2 saturated heterocycles. The molecule has 0 saturated carbocycles. The second kappa shape index (κ2) is 10.7. The summed E-state index contributed by atoms with van der Waals surface area (Å²) in [5, 5.41) is 6.95. The number of hydrogen-bond donors (Lipinski definition) is 0. The zero-order chi connectivity index (χ0) is 25.1. The standard InChI is InChI=1S/C25H27F2N5O4/c1-34-22-10-17(16-6-8-31(9-7-16)20-13-35-14-20)3-5-21(22)32(15-33)12-19-4-2-18(11-28-19)24-29-30-25(36-24)23(26)27/h2-5,10-11,15-16,20,23H,6-9,12-14H2,1H3. The molecular formula is C25H27F2N5O4. The van der Waals surface area contributed by atoms with E-state index in [4.69, 9.17) is 13.9 Å². The van der Waals surface area contributed by atoms with Gasteiger partial charge in [-0.05, 0) is 61.7 Å². The lowest BCUT2D eigenvalue weighted by Crippen LogP contribution is -2.51. The fraction of sp³-hybridized carbons (Fsp3) is 0.440. The number of benzene rings is 1. The van der Waals surface area contributed by atoms with Crippen molar-refractivity contribution in [2.75, 3.05) is 38.3 Å². The van der Waals surface area contributed by atoms with Gasteiger partial charge in [-0.25, -0.2) is 0 Å². The minimum absolute atomic E-state index is 0.0410. The molecule has 36 heavy (non-hydrogen) atoms. The zero-order valence-electron chi connectivity index (χ0n) is 19.8. The van der Waals surface area contributed by atoms with E-state index in [1.807, 2.05) is 12.1 Å². The zero-order valence-corrected chi connectivity index (χ0v) is 19.8. The number of amides is 1. The maximum Gasteiger partial charge on any atom is 0.314 e. The molecule has 0 radical (unpaired) electrons. The number of halogens is 2. The summed E-state index contributed by atoms with van der Waals surface area (Å²) in [6.07, 6.45) is 1.50. The Morgan fingerprint density at radius 1 is 1.19 bits per heavy atom. The molecule has 2 fully saturated rings. The first-order valence-electron chi connectivity index (χ1n) is 11.8. The summed E-state index contributed by atoms with van der Waals surface area (Å²) in [6, 6.07) is 9.87. The van der Waals surface area contributed by atoms with Gasteiger partial charge in [0, 0.05) is 6.20 Å². The Bertz CT molecular complexity index is 1180. The van der Waals surface area contributed by atoms with Gasteiger partial charge in [-0.3, -0.25) is 14.7 Å². The number of anilines is 1. The Balaban J connectivity index is 1.26. The van der Waals surface area contributed by atoms with Crippen LogP contribution in [0.1, 0.15) is 42.3 Å². The summed E-state index contributed by atoms with van der Waals surface area (Å²) in [7, 11) is 1.59. The lowest BCUT2D eigenvalue weighted by Gasteiger charge is -2.41. The van der Waals surface area contributed by atoms with E-state index in [9.17, 15) is 13.6 Å².